The summed E-state index contributed by atoms with van der Waals surface area (Å²) in [6, 6.07) is 67.5. The zero-order chi connectivity index (χ0) is 36.7. The Morgan fingerprint density at radius 3 is 1.48 bits per heavy atom. The molecule has 3 aromatic heterocycles. The van der Waals surface area contributed by atoms with Gasteiger partial charge in [0.25, 0.3) is 0 Å². The molecule has 0 saturated heterocycles. The molecule has 0 radical (unpaired) electrons. The number of fused-ring (bicyclic) bond motifs is 13. The van der Waals surface area contributed by atoms with Crippen molar-refractivity contribution in [3.05, 3.63) is 194 Å². The van der Waals surface area contributed by atoms with Crippen LogP contribution in [0, 0.1) is 0 Å². The van der Waals surface area contributed by atoms with Crippen LogP contribution in [0.5, 0.6) is 0 Å². The summed E-state index contributed by atoms with van der Waals surface area (Å²) in [5, 5.41) is 10.8. The molecule has 56 heavy (non-hydrogen) atoms. The lowest BCUT2D eigenvalue weighted by Crippen LogP contribution is -1.97. The molecule has 0 saturated carbocycles. The zero-order valence-corrected chi connectivity index (χ0v) is 30.3. The molecular weight excluding hydrogens is 681 g/mol. The Balaban J connectivity index is 1.06. The van der Waals surface area contributed by atoms with Gasteiger partial charge in [0.1, 0.15) is 0 Å². The van der Waals surface area contributed by atoms with Crippen LogP contribution in [0.3, 0.4) is 0 Å². The number of aromatic nitrogens is 4. The summed E-state index contributed by atoms with van der Waals surface area (Å²) in [5.74, 6) is 0.712. The average Bonchev–Trinajstić information content (AvgIpc) is 3.80. The molecule has 4 nitrogen and oxygen atoms in total. The normalized spacial score (nSPS) is 11.9. The maximum absolute atomic E-state index is 5.28. The highest BCUT2D eigenvalue weighted by atomic mass is 15.0. The van der Waals surface area contributed by atoms with E-state index < -0.39 is 0 Å². The van der Waals surface area contributed by atoms with Crippen molar-refractivity contribution in [1.82, 2.24) is 19.1 Å². The number of benzene rings is 9. The molecule has 0 bridgehead atoms. The van der Waals surface area contributed by atoms with Gasteiger partial charge in [-0.25, -0.2) is 9.97 Å². The predicted octanol–water partition coefficient (Wildman–Crippen LogP) is 13.5. The Morgan fingerprint density at radius 1 is 0.321 bits per heavy atom. The van der Waals surface area contributed by atoms with Gasteiger partial charge < -0.3 is 9.13 Å². The van der Waals surface area contributed by atoms with Gasteiger partial charge in [0.15, 0.2) is 5.82 Å². The first kappa shape index (κ1) is 30.9. The molecule has 260 valence electrons. The summed E-state index contributed by atoms with van der Waals surface area (Å²) in [5.41, 5.74) is 11.3. The first-order valence-corrected chi connectivity index (χ1v) is 19.1. The van der Waals surface area contributed by atoms with Crippen molar-refractivity contribution in [2.45, 2.75) is 0 Å². The van der Waals surface area contributed by atoms with E-state index in [1.165, 1.54) is 59.9 Å². The van der Waals surface area contributed by atoms with E-state index in [4.69, 9.17) is 9.97 Å². The molecule has 0 aliphatic heterocycles. The molecule has 12 rings (SSSR count). The quantitative estimate of drug-likeness (QED) is 0.170. The van der Waals surface area contributed by atoms with Crippen molar-refractivity contribution < 1.29 is 0 Å². The van der Waals surface area contributed by atoms with Gasteiger partial charge in [-0.05, 0) is 75.8 Å². The standard InChI is InChI=1S/C52H32N4/c1-2-13-33(14-3-1)34-25-27-36(28-26-34)55-45-23-10-8-21-42(45)49-47(55)29-30-48-50(49)43-22-9-11-24-46(43)56(48)37-16-12-15-35(31-37)52-53-32-44-40-19-5-4-17-38(40)39-18-6-7-20-41(39)51(44)54-52/h1-32H. The first-order valence-electron chi connectivity index (χ1n) is 19.1. The number of hydrogen-bond acceptors (Lipinski definition) is 2. The van der Waals surface area contributed by atoms with Crippen LogP contribution in [0.15, 0.2) is 194 Å². The molecule has 0 aliphatic carbocycles. The van der Waals surface area contributed by atoms with Crippen LogP contribution >= 0.6 is 0 Å². The minimum Gasteiger partial charge on any atom is -0.309 e. The summed E-state index contributed by atoms with van der Waals surface area (Å²) < 4.78 is 4.81. The molecule has 0 unspecified atom stereocenters. The fraction of sp³-hybridized carbons (Fsp3) is 0. The van der Waals surface area contributed by atoms with Crippen LogP contribution in [-0.2, 0) is 0 Å². The number of rotatable bonds is 4. The maximum atomic E-state index is 5.28. The highest BCUT2D eigenvalue weighted by Gasteiger charge is 2.21. The van der Waals surface area contributed by atoms with Crippen molar-refractivity contribution in [3.8, 4) is 33.9 Å². The van der Waals surface area contributed by atoms with Gasteiger partial charge in [0.05, 0.1) is 27.6 Å². The molecule has 0 spiro atoms. The average molecular weight is 713 g/mol. The molecular formula is C52H32N4. The van der Waals surface area contributed by atoms with Crippen LogP contribution in [0.2, 0.25) is 0 Å². The molecule has 12 aromatic rings. The molecule has 0 aliphatic rings. The lowest BCUT2D eigenvalue weighted by atomic mass is 9.98. The fourth-order valence-electron chi connectivity index (χ4n) is 9.09. The van der Waals surface area contributed by atoms with Crippen LogP contribution in [0.1, 0.15) is 0 Å². The van der Waals surface area contributed by atoms with Gasteiger partial charge in [-0.3, -0.25) is 0 Å². The number of hydrogen-bond donors (Lipinski definition) is 0. The smallest absolute Gasteiger partial charge is 0.159 e. The zero-order valence-electron chi connectivity index (χ0n) is 30.3. The van der Waals surface area contributed by atoms with E-state index in [9.17, 15) is 0 Å². The lowest BCUT2D eigenvalue weighted by Gasteiger charge is -2.12. The van der Waals surface area contributed by atoms with Crippen LogP contribution in [0.4, 0.5) is 0 Å². The van der Waals surface area contributed by atoms with E-state index in [0.29, 0.717) is 5.82 Å². The van der Waals surface area contributed by atoms with Gasteiger partial charge in [-0.1, -0.05) is 140 Å². The number of para-hydroxylation sites is 2. The van der Waals surface area contributed by atoms with Crippen molar-refractivity contribution in [2.24, 2.45) is 0 Å². The van der Waals surface area contributed by atoms with Gasteiger partial charge in [-0.2, -0.15) is 0 Å². The minimum atomic E-state index is 0.712. The Morgan fingerprint density at radius 2 is 0.821 bits per heavy atom. The Labute approximate surface area is 322 Å². The lowest BCUT2D eigenvalue weighted by molar-refractivity contribution is 1.17. The van der Waals surface area contributed by atoms with Crippen molar-refractivity contribution in [3.63, 3.8) is 0 Å². The molecule has 0 amide bonds. The summed E-state index contributed by atoms with van der Waals surface area (Å²) >= 11 is 0. The largest absolute Gasteiger partial charge is 0.309 e. The van der Waals surface area contributed by atoms with E-state index in [1.807, 2.05) is 6.20 Å². The summed E-state index contributed by atoms with van der Waals surface area (Å²) in [4.78, 5) is 10.3. The number of nitrogens with zero attached hydrogens (tertiary/aromatic N) is 4. The first-order chi connectivity index (χ1) is 27.8. The highest BCUT2D eigenvalue weighted by molar-refractivity contribution is 6.29. The van der Waals surface area contributed by atoms with Crippen LogP contribution < -0.4 is 0 Å². The third-order valence-corrected chi connectivity index (χ3v) is 11.5. The second-order valence-electron chi connectivity index (χ2n) is 14.6. The van der Waals surface area contributed by atoms with E-state index >= 15 is 0 Å². The van der Waals surface area contributed by atoms with Crippen molar-refractivity contribution in [2.75, 3.05) is 0 Å². The summed E-state index contributed by atoms with van der Waals surface area (Å²) in [6.45, 7) is 0. The van der Waals surface area contributed by atoms with E-state index in [1.54, 1.807) is 0 Å². The highest BCUT2D eigenvalue weighted by Crippen LogP contribution is 2.43. The van der Waals surface area contributed by atoms with Crippen LogP contribution in [0.25, 0.3) is 110 Å². The van der Waals surface area contributed by atoms with Crippen molar-refractivity contribution in [1.29, 1.82) is 0 Å². The van der Waals surface area contributed by atoms with E-state index in [0.717, 1.165) is 44.3 Å². The third-order valence-electron chi connectivity index (χ3n) is 11.5. The summed E-state index contributed by atoms with van der Waals surface area (Å²) in [6.07, 6.45) is 2.00. The maximum Gasteiger partial charge on any atom is 0.159 e. The summed E-state index contributed by atoms with van der Waals surface area (Å²) in [7, 11) is 0. The van der Waals surface area contributed by atoms with E-state index in [-0.39, 0.29) is 0 Å². The molecule has 0 fully saturated rings. The van der Waals surface area contributed by atoms with Crippen molar-refractivity contribution >= 4 is 76.1 Å². The monoisotopic (exact) mass is 712 g/mol. The molecule has 4 heteroatoms. The second kappa shape index (κ2) is 12.0. The Hall–Kier alpha value is -7.56. The van der Waals surface area contributed by atoms with Gasteiger partial charge in [0, 0.05) is 55.5 Å². The minimum absolute atomic E-state index is 0.712. The van der Waals surface area contributed by atoms with Gasteiger partial charge in [0.2, 0.25) is 0 Å². The third kappa shape index (κ3) is 4.47. The van der Waals surface area contributed by atoms with E-state index in [2.05, 4.69) is 197 Å². The Kier molecular flexibility index (Phi) is 6.60. The molecule has 0 atom stereocenters. The second-order valence-corrected chi connectivity index (χ2v) is 14.6. The predicted molar refractivity (Wildman–Crippen MR) is 234 cm³/mol. The topological polar surface area (TPSA) is 35.6 Å². The molecule has 3 heterocycles. The van der Waals surface area contributed by atoms with Crippen LogP contribution in [-0.4, -0.2) is 19.1 Å². The fourth-order valence-corrected chi connectivity index (χ4v) is 9.09. The van der Waals surface area contributed by atoms with Gasteiger partial charge in [-0.15, -0.1) is 0 Å². The van der Waals surface area contributed by atoms with Gasteiger partial charge >= 0.3 is 0 Å². The molecule has 9 aromatic carbocycles. The SMILES string of the molecule is c1ccc(-c2ccc(-n3c4ccccc4c4c5c6ccccc6n(-c6cccc(-c7ncc8c9ccccc9c9ccccc9c8n7)c6)c5ccc43)cc2)cc1. The Bertz CT molecular complexity index is 3480. The molecule has 0 N–H and O–H groups in total.